The minimum atomic E-state index is -0.175. The molecule has 1 aromatic heterocycles. The van der Waals surface area contributed by atoms with E-state index in [-0.39, 0.29) is 11.9 Å². The molecule has 1 atom stereocenters. The predicted octanol–water partition coefficient (Wildman–Crippen LogP) is 3.65. The summed E-state index contributed by atoms with van der Waals surface area (Å²) in [6, 6.07) is 7.28. The smallest absolute Gasteiger partial charge is 0.126 e. The molecule has 1 heterocycles. The van der Waals surface area contributed by atoms with Crippen molar-refractivity contribution in [3.8, 4) is 0 Å². The van der Waals surface area contributed by atoms with Crippen LogP contribution in [-0.2, 0) is 0 Å². The third kappa shape index (κ3) is 2.31. The van der Waals surface area contributed by atoms with E-state index in [0.29, 0.717) is 5.56 Å². The summed E-state index contributed by atoms with van der Waals surface area (Å²) in [6.07, 6.45) is 0. The molecule has 96 valence electrons. The van der Waals surface area contributed by atoms with Crippen LogP contribution in [0.5, 0.6) is 0 Å². The first-order valence-electron chi connectivity index (χ1n) is 6.03. The zero-order chi connectivity index (χ0) is 13.3. The Balaban J connectivity index is 2.45. The molecule has 2 rings (SSSR count). The molecular weight excluding hydrogens is 229 g/mol. The van der Waals surface area contributed by atoms with Gasteiger partial charge in [0, 0.05) is 5.56 Å². The largest absolute Gasteiger partial charge is 0.466 e. The number of nitrogens with one attached hydrogen (secondary N) is 1. The molecule has 18 heavy (non-hydrogen) atoms. The summed E-state index contributed by atoms with van der Waals surface area (Å²) in [5.74, 6) is 1.56. The van der Waals surface area contributed by atoms with Gasteiger partial charge in [0.15, 0.2) is 0 Å². The van der Waals surface area contributed by atoms with Gasteiger partial charge < -0.3 is 9.73 Å². The lowest BCUT2D eigenvalue weighted by Crippen LogP contribution is -2.18. The van der Waals surface area contributed by atoms with Crippen LogP contribution >= 0.6 is 0 Å². The van der Waals surface area contributed by atoms with Crippen LogP contribution in [0.2, 0.25) is 0 Å². The van der Waals surface area contributed by atoms with Crippen molar-refractivity contribution in [3.05, 3.63) is 58.3 Å². The first kappa shape index (κ1) is 12.8. The van der Waals surface area contributed by atoms with Crippen molar-refractivity contribution in [2.75, 3.05) is 7.05 Å². The monoisotopic (exact) mass is 247 g/mol. The summed E-state index contributed by atoms with van der Waals surface area (Å²) in [5.41, 5.74) is 2.62. The lowest BCUT2D eigenvalue weighted by Gasteiger charge is -2.16. The third-order valence-electron chi connectivity index (χ3n) is 3.21. The van der Waals surface area contributed by atoms with Gasteiger partial charge in [0.25, 0.3) is 0 Å². The lowest BCUT2D eigenvalue weighted by atomic mass is 9.98. The van der Waals surface area contributed by atoms with Crippen LogP contribution < -0.4 is 5.32 Å². The van der Waals surface area contributed by atoms with E-state index >= 15 is 0 Å². The van der Waals surface area contributed by atoms with Crippen LogP contribution in [0.25, 0.3) is 0 Å². The summed E-state index contributed by atoms with van der Waals surface area (Å²) in [7, 11) is 1.87. The minimum absolute atomic E-state index is 0.0439. The van der Waals surface area contributed by atoms with Gasteiger partial charge in [-0.2, -0.15) is 0 Å². The third-order valence-corrected chi connectivity index (χ3v) is 3.21. The molecule has 0 radical (unpaired) electrons. The van der Waals surface area contributed by atoms with Gasteiger partial charge >= 0.3 is 0 Å². The Morgan fingerprint density at radius 3 is 2.39 bits per heavy atom. The van der Waals surface area contributed by atoms with Gasteiger partial charge in [0.1, 0.15) is 17.3 Å². The molecule has 0 amide bonds. The van der Waals surface area contributed by atoms with Crippen molar-refractivity contribution in [1.29, 1.82) is 0 Å². The molecule has 0 aliphatic heterocycles. The quantitative estimate of drug-likeness (QED) is 0.895. The van der Waals surface area contributed by atoms with Crippen LogP contribution in [0.15, 0.2) is 28.7 Å². The fourth-order valence-electron chi connectivity index (χ4n) is 2.23. The van der Waals surface area contributed by atoms with Crippen molar-refractivity contribution >= 4 is 0 Å². The highest BCUT2D eigenvalue weighted by Gasteiger charge is 2.18. The van der Waals surface area contributed by atoms with Gasteiger partial charge in [-0.05, 0) is 51.1 Å². The first-order chi connectivity index (χ1) is 8.52. The molecule has 0 spiro atoms. The number of benzene rings is 1. The van der Waals surface area contributed by atoms with Crippen LogP contribution in [0, 0.1) is 26.6 Å². The molecule has 0 bridgehead atoms. The molecule has 0 saturated heterocycles. The number of aryl methyl sites for hydroxylation is 3. The van der Waals surface area contributed by atoms with Gasteiger partial charge in [-0.25, -0.2) is 4.39 Å². The van der Waals surface area contributed by atoms with E-state index < -0.39 is 0 Å². The van der Waals surface area contributed by atoms with E-state index in [1.165, 1.54) is 0 Å². The number of furan rings is 1. The lowest BCUT2D eigenvalue weighted by molar-refractivity contribution is 0.496. The van der Waals surface area contributed by atoms with Crippen LogP contribution in [0.1, 0.15) is 34.3 Å². The molecule has 1 aromatic carbocycles. The maximum absolute atomic E-state index is 13.6. The summed E-state index contributed by atoms with van der Waals surface area (Å²) in [6.45, 7) is 5.61. The van der Waals surface area contributed by atoms with Gasteiger partial charge in [-0.1, -0.05) is 12.1 Å². The highest BCUT2D eigenvalue weighted by Crippen LogP contribution is 2.28. The highest BCUT2D eigenvalue weighted by molar-refractivity contribution is 5.36. The number of halogens is 1. The van der Waals surface area contributed by atoms with E-state index in [1.807, 2.05) is 33.0 Å². The summed E-state index contributed by atoms with van der Waals surface area (Å²) in [5, 5.41) is 3.21. The highest BCUT2D eigenvalue weighted by atomic mass is 19.1. The van der Waals surface area contributed by atoms with Crippen molar-refractivity contribution in [1.82, 2.24) is 5.32 Å². The summed E-state index contributed by atoms with van der Waals surface area (Å²) < 4.78 is 19.2. The van der Waals surface area contributed by atoms with Crippen LogP contribution in [0.3, 0.4) is 0 Å². The van der Waals surface area contributed by atoms with E-state index in [2.05, 4.69) is 5.32 Å². The fourth-order valence-corrected chi connectivity index (χ4v) is 2.23. The Kier molecular flexibility index (Phi) is 3.53. The average Bonchev–Trinajstić information content (AvgIpc) is 2.64. The maximum atomic E-state index is 13.6. The molecule has 0 aliphatic rings. The van der Waals surface area contributed by atoms with Crippen molar-refractivity contribution < 1.29 is 8.81 Å². The number of hydrogen-bond acceptors (Lipinski definition) is 2. The molecule has 1 unspecified atom stereocenters. The Morgan fingerprint density at radius 2 is 1.89 bits per heavy atom. The molecule has 2 nitrogen and oxygen atoms in total. The van der Waals surface area contributed by atoms with Crippen LogP contribution in [-0.4, -0.2) is 7.05 Å². The standard InChI is InChI=1S/C15H18FNO/c1-9-5-6-12(8-14(9)16)15(17-4)13-7-10(2)18-11(13)3/h5-8,15,17H,1-4H3. The average molecular weight is 247 g/mol. The first-order valence-corrected chi connectivity index (χ1v) is 6.03. The van der Waals surface area contributed by atoms with Crippen LogP contribution in [0.4, 0.5) is 4.39 Å². The molecule has 3 heteroatoms. The zero-order valence-electron chi connectivity index (χ0n) is 11.2. The summed E-state index contributed by atoms with van der Waals surface area (Å²) in [4.78, 5) is 0. The van der Waals surface area contributed by atoms with E-state index in [0.717, 1.165) is 22.6 Å². The molecule has 1 N–H and O–H groups in total. The van der Waals surface area contributed by atoms with E-state index in [4.69, 9.17) is 4.42 Å². The summed E-state index contributed by atoms with van der Waals surface area (Å²) >= 11 is 0. The predicted molar refractivity (Wildman–Crippen MR) is 70.2 cm³/mol. The second-order valence-corrected chi connectivity index (χ2v) is 4.60. The maximum Gasteiger partial charge on any atom is 0.126 e. The number of rotatable bonds is 3. The van der Waals surface area contributed by atoms with E-state index in [9.17, 15) is 4.39 Å². The molecule has 0 saturated carbocycles. The topological polar surface area (TPSA) is 25.2 Å². The van der Waals surface area contributed by atoms with Gasteiger partial charge in [0.2, 0.25) is 0 Å². The van der Waals surface area contributed by atoms with Crippen molar-refractivity contribution in [3.63, 3.8) is 0 Å². The molecular formula is C15H18FNO. The Morgan fingerprint density at radius 1 is 1.17 bits per heavy atom. The zero-order valence-corrected chi connectivity index (χ0v) is 11.2. The van der Waals surface area contributed by atoms with Gasteiger partial charge in [-0.3, -0.25) is 0 Å². The van der Waals surface area contributed by atoms with E-state index in [1.54, 1.807) is 19.1 Å². The second kappa shape index (κ2) is 4.94. The minimum Gasteiger partial charge on any atom is -0.466 e. The van der Waals surface area contributed by atoms with Gasteiger partial charge in [0.05, 0.1) is 6.04 Å². The van der Waals surface area contributed by atoms with Gasteiger partial charge in [-0.15, -0.1) is 0 Å². The number of hydrogen-bond donors (Lipinski definition) is 1. The Labute approximate surface area is 107 Å². The SMILES string of the molecule is CNC(c1ccc(C)c(F)c1)c1cc(C)oc1C. The fraction of sp³-hybridized carbons (Fsp3) is 0.333. The second-order valence-electron chi connectivity index (χ2n) is 4.60. The van der Waals surface area contributed by atoms with Crippen molar-refractivity contribution in [2.45, 2.75) is 26.8 Å². The molecule has 2 aromatic rings. The molecule has 0 fully saturated rings. The Bertz CT molecular complexity index is 560. The molecule has 0 aliphatic carbocycles. The Hall–Kier alpha value is -1.61. The van der Waals surface area contributed by atoms with Crippen molar-refractivity contribution in [2.24, 2.45) is 0 Å². The normalized spacial score (nSPS) is 12.7.